The van der Waals surface area contributed by atoms with E-state index in [9.17, 15) is 0 Å². The van der Waals surface area contributed by atoms with Gasteiger partial charge < -0.3 is 4.90 Å². The first-order valence-corrected chi connectivity index (χ1v) is 5.79. The van der Waals surface area contributed by atoms with E-state index >= 15 is 0 Å². The maximum Gasteiger partial charge on any atom is 0.137 e. The Hall–Kier alpha value is -0.830. The molecule has 0 amide bonds. The van der Waals surface area contributed by atoms with E-state index in [0.29, 0.717) is 5.15 Å². The fourth-order valence-corrected chi connectivity index (χ4v) is 1.84. The third-order valence-electron chi connectivity index (χ3n) is 2.29. The van der Waals surface area contributed by atoms with Crippen molar-refractivity contribution in [2.45, 2.75) is 33.1 Å². The van der Waals surface area contributed by atoms with Crippen molar-refractivity contribution in [2.75, 3.05) is 18.5 Å². The van der Waals surface area contributed by atoms with Gasteiger partial charge in [-0.2, -0.15) is 0 Å². The fraction of sp³-hybridized carbons (Fsp3) is 0.636. The largest absolute Gasteiger partial charge is 0.359 e. The van der Waals surface area contributed by atoms with Gasteiger partial charge in [-0.1, -0.05) is 31.9 Å². The van der Waals surface area contributed by atoms with E-state index in [4.69, 9.17) is 11.6 Å². The molecule has 0 saturated carbocycles. The van der Waals surface area contributed by atoms with Gasteiger partial charge in [0.15, 0.2) is 0 Å². The molecule has 4 heteroatoms. The van der Waals surface area contributed by atoms with Crippen LogP contribution in [0.5, 0.6) is 0 Å². The van der Waals surface area contributed by atoms with E-state index in [2.05, 4.69) is 28.7 Å². The van der Waals surface area contributed by atoms with Crippen molar-refractivity contribution in [1.29, 1.82) is 0 Å². The fourth-order valence-electron chi connectivity index (χ4n) is 1.62. The summed E-state index contributed by atoms with van der Waals surface area (Å²) in [5, 5.41) is 0.588. The van der Waals surface area contributed by atoms with Crippen molar-refractivity contribution in [1.82, 2.24) is 9.97 Å². The molecule has 0 radical (unpaired) electrons. The van der Waals surface area contributed by atoms with Gasteiger partial charge in [-0.05, 0) is 12.8 Å². The van der Waals surface area contributed by atoms with Gasteiger partial charge in [-0.25, -0.2) is 9.97 Å². The third kappa shape index (κ3) is 3.06. The van der Waals surface area contributed by atoms with Gasteiger partial charge in [0, 0.05) is 19.2 Å². The Morgan fingerprint density at radius 3 is 2.60 bits per heavy atom. The zero-order valence-electron chi connectivity index (χ0n) is 9.63. The minimum atomic E-state index is 0.588. The lowest BCUT2D eigenvalue weighted by Crippen LogP contribution is -2.21. The zero-order chi connectivity index (χ0) is 11.3. The van der Waals surface area contributed by atoms with Gasteiger partial charge >= 0.3 is 0 Å². The molecule has 0 aromatic carbocycles. The Morgan fingerprint density at radius 2 is 2.00 bits per heavy atom. The second-order valence-electron chi connectivity index (χ2n) is 3.64. The number of aromatic nitrogens is 2. The average molecular weight is 228 g/mol. The van der Waals surface area contributed by atoms with Gasteiger partial charge in [0.25, 0.3) is 0 Å². The maximum absolute atomic E-state index is 6.07. The molecule has 0 unspecified atom stereocenters. The lowest BCUT2D eigenvalue weighted by atomic mass is 10.2. The summed E-state index contributed by atoms with van der Waals surface area (Å²) in [7, 11) is 2.04. The summed E-state index contributed by atoms with van der Waals surface area (Å²) in [4.78, 5) is 10.5. The summed E-state index contributed by atoms with van der Waals surface area (Å²) < 4.78 is 0. The molecule has 0 atom stereocenters. The Bertz CT molecular complexity index is 315. The SMILES string of the molecule is CCCc1c(Cl)ncnc1N(C)CCC. The molecule has 0 bridgehead atoms. The number of hydrogen-bond acceptors (Lipinski definition) is 3. The Balaban J connectivity index is 2.99. The molecule has 1 aromatic rings. The number of hydrogen-bond donors (Lipinski definition) is 0. The summed E-state index contributed by atoms with van der Waals surface area (Å²) in [6.07, 6.45) is 4.62. The minimum absolute atomic E-state index is 0.588. The van der Waals surface area contributed by atoms with Crippen molar-refractivity contribution in [2.24, 2.45) is 0 Å². The summed E-state index contributed by atoms with van der Waals surface area (Å²) >= 11 is 6.07. The molecule has 0 aliphatic heterocycles. The zero-order valence-corrected chi connectivity index (χ0v) is 10.4. The van der Waals surface area contributed by atoms with Crippen molar-refractivity contribution in [3.63, 3.8) is 0 Å². The topological polar surface area (TPSA) is 29.0 Å². The van der Waals surface area contributed by atoms with Crippen molar-refractivity contribution in [3.8, 4) is 0 Å². The van der Waals surface area contributed by atoms with Gasteiger partial charge in [0.2, 0.25) is 0 Å². The average Bonchev–Trinajstić information content (AvgIpc) is 2.21. The maximum atomic E-state index is 6.07. The number of rotatable bonds is 5. The van der Waals surface area contributed by atoms with Gasteiger partial charge in [0.1, 0.15) is 17.3 Å². The summed E-state index contributed by atoms with van der Waals surface area (Å²) in [6.45, 7) is 5.27. The summed E-state index contributed by atoms with van der Waals surface area (Å²) in [5.74, 6) is 0.971. The van der Waals surface area contributed by atoms with Crippen LogP contribution < -0.4 is 4.90 Å². The third-order valence-corrected chi connectivity index (χ3v) is 2.62. The second kappa shape index (κ2) is 5.91. The molecular weight excluding hydrogens is 210 g/mol. The Kier molecular flexibility index (Phi) is 4.82. The van der Waals surface area contributed by atoms with Crippen LogP contribution in [0.4, 0.5) is 5.82 Å². The van der Waals surface area contributed by atoms with E-state index in [1.165, 1.54) is 6.33 Å². The van der Waals surface area contributed by atoms with E-state index < -0.39 is 0 Å². The highest BCUT2D eigenvalue weighted by Gasteiger charge is 2.11. The molecule has 15 heavy (non-hydrogen) atoms. The molecular formula is C11H18ClN3. The molecule has 0 aliphatic carbocycles. The molecule has 0 spiro atoms. The van der Waals surface area contributed by atoms with Gasteiger partial charge in [0.05, 0.1) is 0 Å². The summed E-state index contributed by atoms with van der Waals surface area (Å²) in [5.41, 5.74) is 1.07. The normalized spacial score (nSPS) is 10.4. The van der Waals surface area contributed by atoms with E-state index in [1.807, 2.05) is 7.05 Å². The van der Waals surface area contributed by atoms with Crippen LogP contribution >= 0.6 is 11.6 Å². The highest BCUT2D eigenvalue weighted by molar-refractivity contribution is 6.30. The molecule has 3 nitrogen and oxygen atoms in total. The standard InChI is InChI=1S/C11H18ClN3/c1-4-6-9-10(12)13-8-14-11(9)15(3)7-5-2/h8H,4-7H2,1-3H3. The smallest absolute Gasteiger partial charge is 0.137 e. The van der Waals surface area contributed by atoms with Gasteiger partial charge in [-0.15, -0.1) is 0 Å². The first-order chi connectivity index (χ1) is 7.20. The predicted octanol–water partition coefficient (Wildman–Crippen LogP) is 2.93. The number of halogens is 1. The first kappa shape index (κ1) is 12.2. The van der Waals surface area contributed by atoms with Gasteiger partial charge in [-0.3, -0.25) is 0 Å². The molecule has 0 saturated heterocycles. The summed E-state index contributed by atoms with van der Waals surface area (Å²) in [6, 6.07) is 0. The van der Waals surface area contributed by atoms with Crippen LogP contribution in [-0.2, 0) is 6.42 Å². The highest BCUT2D eigenvalue weighted by Crippen LogP contribution is 2.23. The number of nitrogens with zero attached hydrogens (tertiary/aromatic N) is 3. The predicted molar refractivity (Wildman–Crippen MR) is 64.6 cm³/mol. The van der Waals surface area contributed by atoms with Crippen LogP contribution in [0.1, 0.15) is 32.3 Å². The molecule has 0 N–H and O–H groups in total. The quantitative estimate of drug-likeness (QED) is 0.725. The van der Waals surface area contributed by atoms with E-state index in [0.717, 1.165) is 37.2 Å². The molecule has 0 fully saturated rings. The number of anilines is 1. The second-order valence-corrected chi connectivity index (χ2v) is 4.00. The van der Waals surface area contributed by atoms with Crippen LogP contribution in [0.25, 0.3) is 0 Å². The van der Waals surface area contributed by atoms with Crippen molar-refractivity contribution in [3.05, 3.63) is 17.0 Å². The van der Waals surface area contributed by atoms with Crippen molar-refractivity contribution < 1.29 is 0 Å². The molecule has 0 aliphatic rings. The van der Waals surface area contributed by atoms with E-state index in [-0.39, 0.29) is 0 Å². The Morgan fingerprint density at radius 1 is 1.27 bits per heavy atom. The van der Waals surface area contributed by atoms with Crippen LogP contribution in [0.2, 0.25) is 5.15 Å². The molecule has 1 heterocycles. The van der Waals surface area contributed by atoms with Crippen molar-refractivity contribution >= 4 is 17.4 Å². The molecule has 1 aromatic heterocycles. The lowest BCUT2D eigenvalue weighted by Gasteiger charge is -2.20. The van der Waals surface area contributed by atoms with Crippen LogP contribution in [0, 0.1) is 0 Å². The monoisotopic (exact) mass is 227 g/mol. The first-order valence-electron chi connectivity index (χ1n) is 5.41. The minimum Gasteiger partial charge on any atom is -0.359 e. The molecule has 84 valence electrons. The van der Waals surface area contributed by atoms with E-state index in [1.54, 1.807) is 0 Å². The Labute approximate surface area is 96.5 Å². The molecule has 1 rings (SSSR count). The van der Waals surface area contributed by atoms with Crippen LogP contribution in [0.15, 0.2) is 6.33 Å². The highest BCUT2D eigenvalue weighted by atomic mass is 35.5. The van der Waals surface area contributed by atoms with Crippen LogP contribution in [-0.4, -0.2) is 23.6 Å². The van der Waals surface area contributed by atoms with Crippen LogP contribution in [0.3, 0.4) is 0 Å². The lowest BCUT2D eigenvalue weighted by molar-refractivity contribution is 0.811.